The van der Waals surface area contributed by atoms with Gasteiger partial charge in [-0.15, -0.1) is 0 Å². The summed E-state index contributed by atoms with van der Waals surface area (Å²) in [6.07, 6.45) is 4.70. The van der Waals surface area contributed by atoms with Gasteiger partial charge in [-0.25, -0.2) is 8.42 Å². The summed E-state index contributed by atoms with van der Waals surface area (Å²) in [5, 5.41) is 5.93. The molecule has 1 aromatic rings. The average Bonchev–Trinajstić information content (AvgIpc) is 2.76. The monoisotopic (exact) mass is 463 g/mol. The topological polar surface area (TPSA) is 105 Å². The summed E-state index contributed by atoms with van der Waals surface area (Å²) in [5.41, 5.74) is 1.03. The van der Waals surface area contributed by atoms with Crippen LogP contribution in [0.3, 0.4) is 0 Å². The number of aryl methyl sites for hydroxylation is 1. The number of hydrogen-bond acceptors (Lipinski definition) is 5. The number of rotatable bonds is 4. The highest BCUT2D eigenvalue weighted by molar-refractivity contribution is 7.89. The zero-order valence-corrected chi connectivity index (χ0v) is 19.8. The van der Waals surface area contributed by atoms with Crippen LogP contribution in [0.4, 0.5) is 5.69 Å². The van der Waals surface area contributed by atoms with Crippen molar-refractivity contribution in [1.29, 1.82) is 0 Å². The zero-order valence-electron chi connectivity index (χ0n) is 19.0. The number of hydrogen-bond donors (Lipinski definition) is 2. The predicted molar refractivity (Wildman–Crippen MR) is 121 cm³/mol. The van der Waals surface area contributed by atoms with Gasteiger partial charge in [0.15, 0.2) is 6.10 Å². The number of fused-ring (bicyclic) bond motifs is 1. The maximum Gasteiger partial charge on any atom is 0.265 e. The lowest BCUT2D eigenvalue weighted by molar-refractivity contribution is -0.127. The van der Waals surface area contributed by atoms with Crippen molar-refractivity contribution < 1.29 is 22.7 Å². The number of anilines is 1. The summed E-state index contributed by atoms with van der Waals surface area (Å²) in [4.78, 5) is 24.7. The maximum atomic E-state index is 13.3. The van der Waals surface area contributed by atoms with Crippen molar-refractivity contribution >= 4 is 27.5 Å². The Morgan fingerprint density at radius 3 is 2.41 bits per heavy atom. The second kappa shape index (κ2) is 9.02. The van der Waals surface area contributed by atoms with E-state index in [2.05, 4.69) is 17.6 Å². The van der Waals surface area contributed by atoms with E-state index in [1.54, 1.807) is 19.9 Å². The molecule has 2 amide bonds. The standard InChI is InChI=1S/C23H33N3O5S/c1-14-4-6-18(7-5-14)24-23(28)17-8-10-26(11-9-17)32(29,30)21-13-20-19(12-15(21)2)25-22(27)16(3)31-20/h12-14,16-18H,4-11H2,1-3H3,(H,24,28)(H,25,27). The van der Waals surface area contributed by atoms with Crippen LogP contribution in [0.15, 0.2) is 17.0 Å². The molecule has 2 aliphatic heterocycles. The molecular formula is C23H33N3O5S. The van der Waals surface area contributed by atoms with Gasteiger partial charge in [0.2, 0.25) is 15.9 Å². The van der Waals surface area contributed by atoms with Gasteiger partial charge < -0.3 is 15.4 Å². The molecule has 2 heterocycles. The summed E-state index contributed by atoms with van der Waals surface area (Å²) in [6, 6.07) is 3.39. The number of nitrogens with one attached hydrogen (secondary N) is 2. The molecule has 176 valence electrons. The Labute approximate surface area is 190 Å². The lowest BCUT2D eigenvalue weighted by Gasteiger charge is -2.33. The van der Waals surface area contributed by atoms with Crippen molar-refractivity contribution in [3.8, 4) is 5.75 Å². The number of sulfonamides is 1. The Morgan fingerprint density at radius 1 is 1.09 bits per heavy atom. The maximum absolute atomic E-state index is 13.3. The fourth-order valence-electron chi connectivity index (χ4n) is 4.84. The molecule has 1 aliphatic carbocycles. The van der Waals surface area contributed by atoms with Crippen molar-refractivity contribution in [2.24, 2.45) is 11.8 Å². The molecule has 0 bridgehead atoms. The van der Waals surface area contributed by atoms with E-state index < -0.39 is 16.1 Å². The summed E-state index contributed by atoms with van der Waals surface area (Å²) in [7, 11) is -3.73. The van der Waals surface area contributed by atoms with Gasteiger partial charge in [-0.05, 0) is 69.9 Å². The molecule has 1 aromatic carbocycles. The van der Waals surface area contributed by atoms with Gasteiger partial charge in [-0.1, -0.05) is 6.92 Å². The Hall–Kier alpha value is -2.13. The lowest BCUT2D eigenvalue weighted by atomic mass is 9.87. The normalized spacial score (nSPS) is 27.2. The van der Waals surface area contributed by atoms with Crippen molar-refractivity contribution in [3.63, 3.8) is 0 Å². The van der Waals surface area contributed by atoms with Gasteiger partial charge in [0, 0.05) is 31.1 Å². The molecule has 1 saturated carbocycles. The van der Waals surface area contributed by atoms with Crippen LogP contribution in [-0.2, 0) is 19.6 Å². The number of amides is 2. The fraction of sp³-hybridized carbons (Fsp3) is 0.652. The van der Waals surface area contributed by atoms with Crippen molar-refractivity contribution in [2.75, 3.05) is 18.4 Å². The predicted octanol–water partition coefficient (Wildman–Crippen LogP) is 2.81. The molecule has 0 spiro atoms. The van der Waals surface area contributed by atoms with Crippen LogP contribution in [0.1, 0.15) is 57.9 Å². The van der Waals surface area contributed by atoms with E-state index in [4.69, 9.17) is 4.74 Å². The van der Waals surface area contributed by atoms with E-state index in [0.29, 0.717) is 42.9 Å². The smallest absolute Gasteiger partial charge is 0.265 e. The summed E-state index contributed by atoms with van der Waals surface area (Å²) in [5.74, 6) is 0.746. The van der Waals surface area contributed by atoms with Crippen LogP contribution >= 0.6 is 0 Å². The van der Waals surface area contributed by atoms with Crippen LogP contribution in [-0.4, -0.2) is 49.8 Å². The molecule has 32 heavy (non-hydrogen) atoms. The third-order valence-corrected chi connectivity index (χ3v) is 9.05. The van der Waals surface area contributed by atoms with Gasteiger partial charge in [0.25, 0.3) is 5.91 Å². The zero-order chi connectivity index (χ0) is 23.0. The Balaban J connectivity index is 1.40. The largest absolute Gasteiger partial charge is 0.479 e. The molecule has 1 saturated heterocycles. The summed E-state index contributed by atoms with van der Waals surface area (Å²) in [6.45, 7) is 6.21. The van der Waals surface area contributed by atoms with Crippen LogP contribution in [0.25, 0.3) is 0 Å². The Kier molecular flexibility index (Phi) is 6.49. The first-order chi connectivity index (χ1) is 15.1. The molecular weight excluding hydrogens is 430 g/mol. The van der Waals surface area contributed by atoms with Gasteiger partial charge in [-0.2, -0.15) is 4.31 Å². The average molecular weight is 464 g/mol. The molecule has 4 rings (SSSR count). The number of ether oxygens (including phenoxy) is 1. The highest BCUT2D eigenvalue weighted by Crippen LogP contribution is 2.36. The molecule has 0 aromatic heterocycles. The minimum absolute atomic E-state index is 0.0599. The van der Waals surface area contributed by atoms with E-state index in [9.17, 15) is 18.0 Å². The number of piperidine rings is 1. The van der Waals surface area contributed by atoms with Crippen LogP contribution in [0.5, 0.6) is 5.75 Å². The first-order valence-corrected chi connectivity index (χ1v) is 13.0. The fourth-order valence-corrected chi connectivity index (χ4v) is 6.53. The Bertz CT molecular complexity index is 993. The van der Waals surface area contributed by atoms with E-state index >= 15 is 0 Å². The molecule has 0 radical (unpaired) electrons. The van der Waals surface area contributed by atoms with E-state index in [1.165, 1.54) is 10.4 Å². The third kappa shape index (κ3) is 4.64. The molecule has 3 aliphatic rings. The van der Waals surface area contributed by atoms with Gasteiger partial charge in [-0.3, -0.25) is 9.59 Å². The number of nitrogens with zero attached hydrogens (tertiary/aromatic N) is 1. The quantitative estimate of drug-likeness (QED) is 0.714. The number of benzene rings is 1. The molecule has 1 atom stereocenters. The number of carbonyl (C=O) groups excluding carboxylic acids is 2. The molecule has 2 fully saturated rings. The highest BCUT2D eigenvalue weighted by atomic mass is 32.2. The molecule has 9 heteroatoms. The molecule has 1 unspecified atom stereocenters. The summed E-state index contributed by atoms with van der Waals surface area (Å²) < 4.78 is 33.8. The van der Waals surface area contributed by atoms with E-state index in [-0.39, 0.29) is 28.7 Å². The number of carbonyl (C=O) groups is 2. The van der Waals surface area contributed by atoms with Gasteiger partial charge >= 0.3 is 0 Å². The van der Waals surface area contributed by atoms with Gasteiger partial charge in [0.1, 0.15) is 5.75 Å². The summed E-state index contributed by atoms with van der Waals surface area (Å²) >= 11 is 0. The minimum Gasteiger partial charge on any atom is -0.479 e. The van der Waals surface area contributed by atoms with Crippen molar-refractivity contribution in [1.82, 2.24) is 9.62 Å². The highest BCUT2D eigenvalue weighted by Gasteiger charge is 2.35. The molecule has 2 N–H and O–H groups in total. The van der Waals surface area contributed by atoms with Crippen LogP contribution in [0, 0.1) is 18.8 Å². The lowest BCUT2D eigenvalue weighted by Crippen LogP contribution is -2.46. The van der Waals surface area contributed by atoms with E-state index in [1.807, 2.05) is 0 Å². The second-order valence-corrected chi connectivity index (χ2v) is 11.4. The molecule has 8 nitrogen and oxygen atoms in total. The Morgan fingerprint density at radius 2 is 1.75 bits per heavy atom. The first kappa shape index (κ1) is 23.0. The van der Waals surface area contributed by atoms with Crippen molar-refractivity contribution in [3.05, 3.63) is 17.7 Å². The SMILES string of the molecule is Cc1cc2c(cc1S(=O)(=O)N1CCC(C(=O)NC3CCC(C)CC3)CC1)OC(C)C(=O)N2. The van der Waals surface area contributed by atoms with Gasteiger partial charge in [0.05, 0.1) is 10.6 Å². The van der Waals surface area contributed by atoms with Crippen molar-refractivity contribution in [2.45, 2.75) is 76.3 Å². The minimum atomic E-state index is -3.73. The van der Waals surface area contributed by atoms with Crippen LogP contribution < -0.4 is 15.4 Å². The second-order valence-electron chi connectivity index (χ2n) is 9.51. The first-order valence-electron chi connectivity index (χ1n) is 11.6. The van der Waals surface area contributed by atoms with E-state index in [0.717, 1.165) is 31.6 Å². The third-order valence-electron chi connectivity index (χ3n) is 7.01. The van der Waals surface area contributed by atoms with Crippen LogP contribution in [0.2, 0.25) is 0 Å².